The summed E-state index contributed by atoms with van der Waals surface area (Å²) < 4.78 is 1.94. The number of nitrogens with zero attached hydrogens (tertiary/aromatic N) is 4. The van der Waals surface area contributed by atoms with Gasteiger partial charge >= 0.3 is 5.97 Å². The van der Waals surface area contributed by atoms with Gasteiger partial charge in [0.2, 0.25) is 0 Å². The molecular formula is C25H20N4O2. The number of carbonyl (C=O) groups is 1. The van der Waals surface area contributed by atoms with Gasteiger partial charge in [-0.1, -0.05) is 30.3 Å². The van der Waals surface area contributed by atoms with Crippen molar-refractivity contribution in [2.75, 3.05) is 11.4 Å². The Morgan fingerprint density at radius 3 is 2.77 bits per heavy atom. The lowest BCUT2D eigenvalue weighted by atomic mass is 10.0. The Hall–Kier alpha value is -3.93. The number of hydrogen-bond acceptors (Lipinski definition) is 4. The van der Waals surface area contributed by atoms with Gasteiger partial charge in [-0.25, -0.2) is 4.79 Å². The first kappa shape index (κ1) is 17.9. The summed E-state index contributed by atoms with van der Waals surface area (Å²) in [6.07, 6.45) is 5.08. The van der Waals surface area contributed by atoms with Crippen molar-refractivity contribution in [2.45, 2.75) is 12.8 Å². The smallest absolute Gasteiger partial charge is 0.336 e. The largest absolute Gasteiger partial charge is 0.478 e. The van der Waals surface area contributed by atoms with Crippen molar-refractivity contribution in [3.8, 4) is 0 Å². The molecule has 0 saturated heterocycles. The van der Waals surface area contributed by atoms with Crippen LogP contribution in [0.25, 0.3) is 22.6 Å². The Bertz CT molecular complexity index is 1420. The molecule has 6 rings (SSSR count). The van der Waals surface area contributed by atoms with Gasteiger partial charge in [0, 0.05) is 37.3 Å². The van der Waals surface area contributed by atoms with Gasteiger partial charge in [0.1, 0.15) is 0 Å². The van der Waals surface area contributed by atoms with Crippen LogP contribution in [0.1, 0.15) is 32.9 Å². The van der Waals surface area contributed by atoms with Crippen molar-refractivity contribution in [1.82, 2.24) is 14.8 Å². The van der Waals surface area contributed by atoms with Crippen molar-refractivity contribution in [1.29, 1.82) is 0 Å². The maximum Gasteiger partial charge on any atom is 0.336 e. The summed E-state index contributed by atoms with van der Waals surface area (Å²) in [4.78, 5) is 18.4. The first-order valence-electron chi connectivity index (χ1n) is 10.3. The van der Waals surface area contributed by atoms with Crippen LogP contribution in [0.5, 0.6) is 0 Å². The number of fused-ring (bicyclic) bond motifs is 3. The predicted molar refractivity (Wildman–Crippen MR) is 121 cm³/mol. The van der Waals surface area contributed by atoms with Gasteiger partial charge in [0.25, 0.3) is 0 Å². The third kappa shape index (κ3) is 2.61. The summed E-state index contributed by atoms with van der Waals surface area (Å²) in [5.74, 6) is -0.922. The van der Waals surface area contributed by atoms with E-state index < -0.39 is 5.97 Å². The van der Waals surface area contributed by atoms with Crippen LogP contribution in [0.3, 0.4) is 0 Å². The third-order valence-electron chi connectivity index (χ3n) is 6.32. The number of pyridine rings is 1. The Kier molecular flexibility index (Phi) is 3.77. The fourth-order valence-corrected chi connectivity index (χ4v) is 4.94. The van der Waals surface area contributed by atoms with Crippen molar-refractivity contribution < 1.29 is 9.90 Å². The van der Waals surface area contributed by atoms with E-state index in [-0.39, 0.29) is 0 Å². The van der Waals surface area contributed by atoms with Crippen LogP contribution in [0.15, 0.2) is 54.7 Å². The van der Waals surface area contributed by atoms with Crippen molar-refractivity contribution in [3.05, 3.63) is 82.8 Å². The molecule has 1 N–H and O–H groups in total. The second-order valence-electron chi connectivity index (χ2n) is 8.05. The van der Waals surface area contributed by atoms with Crippen LogP contribution in [-0.2, 0) is 19.9 Å². The topological polar surface area (TPSA) is 71.2 Å². The van der Waals surface area contributed by atoms with Crippen LogP contribution in [0.4, 0.5) is 11.4 Å². The number of benzene rings is 2. The summed E-state index contributed by atoms with van der Waals surface area (Å²) in [6, 6.07) is 16.4. The van der Waals surface area contributed by atoms with E-state index in [0.29, 0.717) is 12.0 Å². The fraction of sp³-hybridized carbons (Fsp3) is 0.160. The van der Waals surface area contributed by atoms with E-state index in [0.717, 1.165) is 52.1 Å². The first-order chi connectivity index (χ1) is 15.1. The fourth-order valence-electron chi connectivity index (χ4n) is 4.94. The second kappa shape index (κ2) is 6.54. The number of hydrogen-bond donors (Lipinski definition) is 1. The Labute approximate surface area is 179 Å². The lowest BCUT2D eigenvalue weighted by Gasteiger charge is -2.21. The Morgan fingerprint density at radius 2 is 1.90 bits per heavy atom. The monoisotopic (exact) mass is 408 g/mol. The molecule has 1 aliphatic carbocycles. The zero-order valence-corrected chi connectivity index (χ0v) is 17.0. The van der Waals surface area contributed by atoms with Crippen LogP contribution in [0.2, 0.25) is 0 Å². The molecule has 31 heavy (non-hydrogen) atoms. The molecule has 3 heterocycles. The molecule has 1 aliphatic heterocycles. The molecule has 0 bridgehead atoms. The normalized spacial score (nSPS) is 14.6. The highest BCUT2D eigenvalue weighted by atomic mass is 16.4. The number of carboxylic acid groups (broad SMARTS) is 1. The molecule has 0 unspecified atom stereocenters. The zero-order valence-electron chi connectivity index (χ0n) is 17.0. The number of allylic oxidation sites excluding steroid dienone is 1. The van der Waals surface area contributed by atoms with Crippen LogP contribution in [-0.4, -0.2) is 32.4 Å². The summed E-state index contributed by atoms with van der Waals surface area (Å²) in [5, 5.41) is 15.5. The number of aryl methyl sites for hydroxylation is 1. The minimum Gasteiger partial charge on any atom is -0.478 e. The summed E-state index contributed by atoms with van der Waals surface area (Å²) in [5.41, 5.74) is 8.52. The Morgan fingerprint density at radius 1 is 1.06 bits per heavy atom. The zero-order chi connectivity index (χ0) is 21.1. The highest BCUT2D eigenvalue weighted by Gasteiger charge is 2.27. The van der Waals surface area contributed by atoms with Gasteiger partial charge in [0.05, 0.1) is 28.2 Å². The van der Waals surface area contributed by atoms with Gasteiger partial charge in [-0.05, 0) is 47.4 Å². The van der Waals surface area contributed by atoms with Gasteiger partial charge in [-0.2, -0.15) is 5.10 Å². The summed E-state index contributed by atoms with van der Waals surface area (Å²) in [7, 11) is 1.97. The first-order valence-corrected chi connectivity index (χ1v) is 10.3. The van der Waals surface area contributed by atoms with Crippen molar-refractivity contribution in [2.24, 2.45) is 7.05 Å². The van der Waals surface area contributed by atoms with Gasteiger partial charge in [0.15, 0.2) is 0 Å². The molecule has 2 aromatic heterocycles. The molecule has 6 heteroatoms. The average molecular weight is 408 g/mol. The second-order valence-corrected chi connectivity index (χ2v) is 8.05. The predicted octanol–water partition coefficient (Wildman–Crippen LogP) is 4.46. The van der Waals surface area contributed by atoms with Crippen molar-refractivity contribution in [3.63, 3.8) is 0 Å². The molecule has 4 aromatic rings. The number of aromatic nitrogens is 3. The number of rotatable bonds is 3. The van der Waals surface area contributed by atoms with E-state index in [1.54, 1.807) is 12.3 Å². The molecule has 0 spiro atoms. The van der Waals surface area contributed by atoms with E-state index in [2.05, 4.69) is 52.3 Å². The average Bonchev–Trinajstić information content (AvgIpc) is 3.48. The Balaban J connectivity index is 1.47. The highest BCUT2D eigenvalue weighted by molar-refractivity contribution is 6.04. The number of aromatic carboxylic acids is 1. The molecule has 0 fully saturated rings. The van der Waals surface area contributed by atoms with E-state index in [4.69, 9.17) is 5.10 Å². The van der Waals surface area contributed by atoms with Crippen LogP contribution >= 0.6 is 0 Å². The standard InChI is InChI=1S/C25H20N4O2/c1-28-24-18(6-4-8-22(24)29-12-10-15-5-2-3-7-21(15)29)23(27-28)16-13-19-17(25(30)31)9-11-26-20(19)14-16/h2-9,11,14H,10,12-13H2,1H3,(H,30,31). The molecule has 2 aliphatic rings. The summed E-state index contributed by atoms with van der Waals surface area (Å²) >= 11 is 0. The minimum absolute atomic E-state index is 0.311. The van der Waals surface area contributed by atoms with Gasteiger partial charge in [-0.3, -0.25) is 9.67 Å². The molecule has 0 saturated carbocycles. The lowest BCUT2D eigenvalue weighted by Crippen LogP contribution is -2.14. The molecular weight excluding hydrogens is 388 g/mol. The number of carboxylic acids is 1. The van der Waals surface area contributed by atoms with Crippen LogP contribution < -0.4 is 4.90 Å². The quantitative estimate of drug-likeness (QED) is 0.542. The maximum atomic E-state index is 11.6. The lowest BCUT2D eigenvalue weighted by molar-refractivity contribution is 0.0695. The van der Waals surface area contributed by atoms with Gasteiger partial charge < -0.3 is 10.0 Å². The minimum atomic E-state index is -0.922. The highest BCUT2D eigenvalue weighted by Crippen LogP contribution is 2.41. The number of anilines is 2. The molecule has 152 valence electrons. The summed E-state index contributed by atoms with van der Waals surface area (Å²) in [6.45, 7) is 0.943. The van der Waals surface area contributed by atoms with E-state index in [1.165, 1.54) is 11.3 Å². The number of para-hydroxylation sites is 2. The van der Waals surface area contributed by atoms with Crippen LogP contribution in [0, 0.1) is 0 Å². The third-order valence-corrected chi connectivity index (χ3v) is 6.32. The molecule has 0 radical (unpaired) electrons. The maximum absolute atomic E-state index is 11.6. The van der Waals surface area contributed by atoms with Crippen molar-refractivity contribution >= 4 is 39.9 Å². The van der Waals surface area contributed by atoms with E-state index >= 15 is 0 Å². The molecule has 2 aromatic carbocycles. The molecule has 0 atom stereocenters. The SMILES string of the molecule is Cn1nc(C2=Cc3nccc(C(=O)O)c3C2)c2cccc(N3CCc4ccccc43)c21. The van der Waals surface area contributed by atoms with Gasteiger partial charge in [-0.15, -0.1) is 0 Å². The molecule has 6 nitrogen and oxygen atoms in total. The van der Waals surface area contributed by atoms with E-state index in [1.807, 2.05) is 17.8 Å². The van der Waals surface area contributed by atoms with E-state index in [9.17, 15) is 9.90 Å². The molecule has 0 amide bonds.